The number of nitrogen functional groups attached to an aromatic ring is 1. The third-order valence-electron chi connectivity index (χ3n) is 2.16. The summed E-state index contributed by atoms with van der Waals surface area (Å²) < 4.78 is 13.1. The highest BCUT2D eigenvalue weighted by molar-refractivity contribution is 6.31. The van der Waals surface area contributed by atoms with Crippen LogP contribution >= 0.6 is 11.6 Å². The van der Waals surface area contributed by atoms with Gasteiger partial charge in [0.2, 0.25) is 0 Å². The highest BCUT2D eigenvalue weighted by Crippen LogP contribution is 2.18. The summed E-state index contributed by atoms with van der Waals surface area (Å²) in [6.45, 7) is 0. The number of pyridine rings is 1. The Morgan fingerprint density at radius 3 is 2.78 bits per heavy atom. The van der Waals surface area contributed by atoms with Crippen LogP contribution in [0.5, 0.6) is 0 Å². The number of carbonyl (C=O) groups is 1. The molecule has 6 heteroatoms. The predicted octanol–water partition coefficient (Wildman–Crippen LogP) is 2.71. The Labute approximate surface area is 108 Å². The van der Waals surface area contributed by atoms with Gasteiger partial charge in [-0.2, -0.15) is 0 Å². The van der Waals surface area contributed by atoms with E-state index in [1.807, 2.05) is 0 Å². The first-order chi connectivity index (χ1) is 8.54. The van der Waals surface area contributed by atoms with Gasteiger partial charge < -0.3 is 11.1 Å². The van der Waals surface area contributed by atoms with E-state index < -0.39 is 11.7 Å². The monoisotopic (exact) mass is 265 g/mol. The van der Waals surface area contributed by atoms with E-state index in [0.717, 1.165) is 6.07 Å². The van der Waals surface area contributed by atoms with Crippen LogP contribution in [0.4, 0.5) is 15.9 Å². The number of hydrogen-bond acceptors (Lipinski definition) is 3. The molecule has 0 radical (unpaired) electrons. The van der Waals surface area contributed by atoms with Crippen LogP contribution in [0, 0.1) is 5.82 Å². The molecule has 0 aliphatic heterocycles. The van der Waals surface area contributed by atoms with Crippen molar-refractivity contribution in [3.05, 3.63) is 52.9 Å². The van der Waals surface area contributed by atoms with Crippen LogP contribution in [-0.2, 0) is 0 Å². The standard InChI is InChI=1S/C12H9ClFN3O/c13-8-4-9(14)6-10(5-8)17-12(18)7-1-2-16-11(15)3-7/h1-6H,(H2,15,16)(H,17,18). The first-order valence-electron chi connectivity index (χ1n) is 5.03. The lowest BCUT2D eigenvalue weighted by molar-refractivity contribution is 0.102. The fourth-order valence-corrected chi connectivity index (χ4v) is 1.64. The predicted molar refractivity (Wildman–Crippen MR) is 68.0 cm³/mol. The van der Waals surface area contributed by atoms with E-state index in [1.54, 1.807) is 0 Å². The van der Waals surface area contributed by atoms with Crippen LogP contribution in [0.2, 0.25) is 5.02 Å². The summed E-state index contributed by atoms with van der Waals surface area (Å²) in [6, 6.07) is 6.71. The Bertz CT molecular complexity index is 583. The van der Waals surface area contributed by atoms with Gasteiger partial charge in [0.05, 0.1) is 0 Å². The number of carbonyl (C=O) groups excluding carboxylic acids is 1. The minimum absolute atomic E-state index is 0.208. The number of rotatable bonds is 2. The van der Waals surface area contributed by atoms with Crippen LogP contribution in [0.25, 0.3) is 0 Å². The molecule has 0 fully saturated rings. The minimum atomic E-state index is -0.521. The highest BCUT2D eigenvalue weighted by Gasteiger charge is 2.08. The second kappa shape index (κ2) is 5.01. The maximum Gasteiger partial charge on any atom is 0.255 e. The van der Waals surface area contributed by atoms with Gasteiger partial charge in [0, 0.05) is 22.5 Å². The first-order valence-corrected chi connectivity index (χ1v) is 5.41. The summed E-state index contributed by atoms with van der Waals surface area (Å²) in [5, 5.41) is 2.73. The summed E-state index contributed by atoms with van der Waals surface area (Å²) >= 11 is 5.68. The van der Waals surface area contributed by atoms with Gasteiger partial charge in [-0.3, -0.25) is 4.79 Å². The second-order valence-electron chi connectivity index (χ2n) is 3.58. The molecule has 0 saturated carbocycles. The number of amides is 1. The normalized spacial score (nSPS) is 10.1. The Kier molecular flexibility index (Phi) is 3.43. The van der Waals surface area contributed by atoms with E-state index in [4.69, 9.17) is 17.3 Å². The van der Waals surface area contributed by atoms with Crippen LogP contribution < -0.4 is 11.1 Å². The maximum atomic E-state index is 13.1. The molecule has 92 valence electrons. The number of halogens is 2. The first kappa shape index (κ1) is 12.3. The molecule has 0 aliphatic rings. The minimum Gasteiger partial charge on any atom is -0.384 e. The Morgan fingerprint density at radius 1 is 1.33 bits per heavy atom. The lowest BCUT2D eigenvalue weighted by Crippen LogP contribution is -2.12. The van der Waals surface area contributed by atoms with E-state index in [2.05, 4.69) is 10.3 Å². The Morgan fingerprint density at radius 2 is 2.11 bits per heavy atom. The van der Waals surface area contributed by atoms with Gasteiger partial charge in [-0.1, -0.05) is 11.6 Å². The molecule has 1 heterocycles. The number of benzene rings is 1. The van der Waals surface area contributed by atoms with Crippen molar-refractivity contribution < 1.29 is 9.18 Å². The molecule has 1 aromatic heterocycles. The maximum absolute atomic E-state index is 13.1. The lowest BCUT2D eigenvalue weighted by atomic mass is 10.2. The number of nitrogens with two attached hydrogens (primary N) is 1. The van der Waals surface area contributed by atoms with Crippen LogP contribution in [0.1, 0.15) is 10.4 Å². The molecular weight excluding hydrogens is 257 g/mol. The highest BCUT2D eigenvalue weighted by atomic mass is 35.5. The molecule has 0 bridgehead atoms. The molecule has 0 unspecified atom stereocenters. The van der Waals surface area contributed by atoms with Crippen molar-refractivity contribution in [3.63, 3.8) is 0 Å². The summed E-state index contributed by atoms with van der Waals surface area (Å²) in [6.07, 6.45) is 1.42. The molecule has 18 heavy (non-hydrogen) atoms. The zero-order chi connectivity index (χ0) is 13.1. The number of aromatic nitrogens is 1. The summed E-state index contributed by atoms with van der Waals surface area (Å²) in [5.74, 6) is -0.697. The molecule has 4 nitrogen and oxygen atoms in total. The van der Waals surface area contributed by atoms with Gasteiger partial charge in [-0.15, -0.1) is 0 Å². The van der Waals surface area contributed by atoms with Crippen molar-refractivity contribution >= 4 is 29.0 Å². The quantitative estimate of drug-likeness (QED) is 0.877. The average Bonchev–Trinajstić information content (AvgIpc) is 2.27. The summed E-state index contributed by atoms with van der Waals surface area (Å²) in [4.78, 5) is 15.6. The molecule has 3 N–H and O–H groups in total. The number of anilines is 2. The van der Waals surface area contributed by atoms with Crippen molar-refractivity contribution in [1.82, 2.24) is 4.98 Å². The van der Waals surface area contributed by atoms with Gasteiger partial charge in [0.15, 0.2) is 0 Å². The lowest BCUT2D eigenvalue weighted by Gasteiger charge is -2.06. The largest absolute Gasteiger partial charge is 0.384 e. The fraction of sp³-hybridized carbons (Fsp3) is 0. The van der Waals surface area contributed by atoms with E-state index >= 15 is 0 Å². The SMILES string of the molecule is Nc1cc(C(=O)Nc2cc(F)cc(Cl)c2)ccn1. The molecule has 1 aromatic carbocycles. The van der Waals surface area contributed by atoms with Crippen LogP contribution in [0.15, 0.2) is 36.5 Å². The number of hydrogen-bond donors (Lipinski definition) is 2. The summed E-state index contributed by atoms with van der Waals surface area (Å²) in [5.41, 5.74) is 6.08. The zero-order valence-electron chi connectivity index (χ0n) is 9.15. The van der Waals surface area contributed by atoms with Crippen molar-refractivity contribution in [2.75, 3.05) is 11.1 Å². The second-order valence-corrected chi connectivity index (χ2v) is 4.02. The van der Waals surface area contributed by atoms with Crippen LogP contribution in [-0.4, -0.2) is 10.9 Å². The molecule has 2 rings (SSSR count). The Hall–Kier alpha value is -2.14. The zero-order valence-corrected chi connectivity index (χ0v) is 9.91. The molecular formula is C12H9ClFN3O. The smallest absolute Gasteiger partial charge is 0.255 e. The van der Waals surface area contributed by atoms with E-state index in [-0.39, 0.29) is 16.5 Å². The van der Waals surface area contributed by atoms with Gasteiger partial charge in [-0.25, -0.2) is 9.37 Å². The molecule has 0 saturated heterocycles. The molecule has 0 aliphatic carbocycles. The van der Waals surface area contributed by atoms with Crippen molar-refractivity contribution in [2.24, 2.45) is 0 Å². The van der Waals surface area contributed by atoms with E-state index in [1.165, 1.54) is 30.5 Å². The van der Waals surface area contributed by atoms with E-state index in [0.29, 0.717) is 5.56 Å². The molecule has 0 spiro atoms. The van der Waals surface area contributed by atoms with Crippen molar-refractivity contribution in [3.8, 4) is 0 Å². The number of nitrogens with one attached hydrogen (secondary N) is 1. The Balaban J connectivity index is 2.21. The fourth-order valence-electron chi connectivity index (χ4n) is 1.42. The third-order valence-corrected chi connectivity index (χ3v) is 2.38. The van der Waals surface area contributed by atoms with Crippen molar-refractivity contribution in [2.45, 2.75) is 0 Å². The van der Waals surface area contributed by atoms with Gasteiger partial charge in [0.25, 0.3) is 5.91 Å². The molecule has 0 atom stereocenters. The molecule has 2 aromatic rings. The van der Waals surface area contributed by atoms with Crippen LogP contribution in [0.3, 0.4) is 0 Å². The number of nitrogens with zero attached hydrogens (tertiary/aromatic N) is 1. The summed E-state index contributed by atoms with van der Waals surface area (Å²) in [7, 11) is 0. The average molecular weight is 266 g/mol. The van der Waals surface area contributed by atoms with E-state index in [9.17, 15) is 9.18 Å². The van der Waals surface area contributed by atoms with Gasteiger partial charge in [0.1, 0.15) is 11.6 Å². The van der Waals surface area contributed by atoms with Crippen molar-refractivity contribution in [1.29, 1.82) is 0 Å². The van der Waals surface area contributed by atoms with Gasteiger partial charge >= 0.3 is 0 Å². The molecule has 1 amide bonds. The topological polar surface area (TPSA) is 68.0 Å². The third kappa shape index (κ3) is 2.95. The van der Waals surface area contributed by atoms with Gasteiger partial charge in [-0.05, 0) is 30.3 Å².